The Labute approximate surface area is 85.8 Å². The van der Waals surface area contributed by atoms with Crippen molar-refractivity contribution in [2.24, 2.45) is 0 Å². The third kappa shape index (κ3) is 1.78. The van der Waals surface area contributed by atoms with Crippen LogP contribution in [0.15, 0.2) is 10.9 Å². The lowest BCUT2D eigenvalue weighted by Crippen LogP contribution is -2.31. The van der Waals surface area contributed by atoms with Crippen molar-refractivity contribution in [1.29, 1.82) is 0 Å². The summed E-state index contributed by atoms with van der Waals surface area (Å²) in [5, 5.41) is 0. The molecular weight excluding hydrogens is 202 g/mol. The van der Waals surface area contributed by atoms with E-state index >= 15 is 0 Å². The maximum absolute atomic E-state index is 12.4. The lowest BCUT2D eigenvalue weighted by Gasteiger charge is -2.24. The summed E-state index contributed by atoms with van der Waals surface area (Å²) in [5.74, 6) is 0.497. The molecule has 3 nitrogen and oxygen atoms in total. The van der Waals surface area contributed by atoms with Gasteiger partial charge in [-0.25, -0.2) is 13.8 Å². The average Bonchev–Trinajstić information content (AvgIpc) is 2.17. The molecule has 1 atom stereocenters. The zero-order valence-corrected chi connectivity index (χ0v) is 8.41. The van der Waals surface area contributed by atoms with Crippen LogP contribution in [0.2, 0.25) is 0 Å². The van der Waals surface area contributed by atoms with Gasteiger partial charge in [-0.3, -0.25) is 9.36 Å². The van der Waals surface area contributed by atoms with E-state index in [4.69, 9.17) is 0 Å². The molecule has 0 radical (unpaired) electrons. The van der Waals surface area contributed by atoms with Crippen LogP contribution in [0.4, 0.5) is 8.78 Å². The smallest absolute Gasteiger partial charge is 0.280 e. The van der Waals surface area contributed by atoms with E-state index in [0.29, 0.717) is 12.2 Å². The van der Waals surface area contributed by atoms with E-state index in [-0.39, 0.29) is 11.6 Å². The highest BCUT2D eigenvalue weighted by atomic mass is 19.3. The van der Waals surface area contributed by atoms with Crippen molar-refractivity contribution in [3.63, 3.8) is 0 Å². The summed E-state index contributed by atoms with van der Waals surface area (Å²) < 4.78 is 26.3. The first-order chi connectivity index (χ1) is 7.09. The second-order valence-electron chi connectivity index (χ2n) is 3.85. The van der Waals surface area contributed by atoms with E-state index in [0.717, 1.165) is 18.9 Å². The zero-order valence-electron chi connectivity index (χ0n) is 8.41. The van der Waals surface area contributed by atoms with E-state index in [2.05, 4.69) is 4.98 Å². The maximum atomic E-state index is 12.4. The largest absolute Gasteiger partial charge is 0.294 e. The Hall–Kier alpha value is -1.26. The molecule has 0 aliphatic carbocycles. The van der Waals surface area contributed by atoms with Gasteiger partial charge in [0.05, 0.1) is 0 Å². The molecule has 0 fully saturated rings. The van der Waals surface area contributed by atoms with E-state index in [1.807, 2.05) is 6.92 Å². The number of hydrogen-bond donors (Lipinski definition) is 0. The monoisotopic (exact) mass is 214 g/mol. The molecule has 0 N–H and O–H groups in total. The van der Waals surface area contributed by atoms with Crippen molar-refractivity contribution in [2.75, 3.05) is 0 Å². The minimum Gasteiger partial charge on any atom is -0.294 e. The molecule has 2 heterocycles. The Morgan fingerprint density at radius 2 is 2.33 bits per heavy atom. The zero-order chi connectivity index (χ0) is 11.0. The summed E-state index contributed by atoms with van der Waals surface area (Å²) in [5.41, 5.74) is -0.761. The number of hydrogen-bond acceptors (Lipinski definition) is 2. The molecule has 1 aliphatic heterocycles. The van der Waals surface area contributed by atoms with Gasteiger partial charge in [0.2, 0.25) is 0 Å². The van der Waals surface area contributed by atoms with Crippen LogP contribution in [0.1, 0.15) is 43.8 Å². The third-order valence-corrected chi connectivity index (χ3v) is 2.73. The van der Waals surface area contributed by atoms with E-state index in [1.165, 1.54) is 4.57 Å². The number of fused-ring (bicyclic) bond motifs is 1. The number of rotatable bonds is 1. The van der Waals surface area contributed by atoms with Gasteiger partial charge >= 0.3 is 0 Å². The van der Waals surface area contributed by atoms with Crippen LogP contribution in [0.3, 0.4) is 0 Å². The standard InChI is InChI=1S/C10H12F2N2O/c1-6-3-2-4-8-13-7(10(11)12)5-9(15)14(6)8/h5-6,10H,2-4H2,1H3/t6-/m0/s1. The second kappa shape index (κ2) is 3.72. The van der Waals surface area contributed by atoms with Gasteiger partial charge in [-0.1, -0.05) is 0 Å². The molecule has 2 rings (SSSR count). The Morgan fingerprint density at radius 3 is 3.00 bits per heavy atom. The molecule has 1 aromatic heterocycles. The summed E-state index contributed by atoms with van der Waals surface area (Å²) in [7, 11) is 0. The third-order valence-electron chi connectivity index (χ3n) is 2.73. The highest BCUT2D eigenvalue weighted by Crippen LogP contribution is 2.22. The molecule has 0 saturated carbocycles. The lowest BCUT2D eigenvalue weighted by molar-refractivity contribution is 0.144. The molecular formula is C10H12F2N2O. The van der Waals surface area contributed by atoms with Crippen molar-refractivity contribution in [1.82, 2.24) is 9.55 Å². The van der Waals surface area contributed by atoms with Gasteiger partial charge in [0, 0.05) is 18.5 Å². The molecule has 0 unspecified atom stereocenters. The van der Waals surface area contributed by atoms with Gasteiger partial charge in [0.15, 0.2) is 0 Å². The number of aryl methyl sites for hydroxylation is 1. The summed E-state index contributed by atoms with van der Waals surface area (Å²) in [6.07, 6.45) is -0.246. The van der Waals surface area contributed by atoms with Crippen molar-refractivity contribution >= 4 is 0 Å². The van der Waals surface area contributed by atoms with Crippen molar-refractivity contribution in [2.45, 2.75) is 38.7 Å². The molecule has 1 aromatic rings. The number of halogens is 2. The van der Waals surface area contributed by atoms with Crippen molar-refractivity contribution < 1.29 is 8.78 Å². The number of nitrogens with zero attached hydrogens (tertiary/aromatic N) is 2. The Kier molecular flexibility index (Phi) is 2.54. The van der Waals surface area contributed by atoms with E-state index < -0.39 is 12.1 Å². The Balaban J connectivity index is 2.56. The van der Waals surface area contributed by atoms with Crippen LogP contribution in [-0.4, -0.2) is 9.55 Å². The topological polar surface area (TPSA) is 34.9 Å². The number of aromatic nitrogens is 2. The minimum absolute atomic E-state index is 0.0699. The average molecular weight is 214 g/mol. The lowest BCUT2D eigenvalue weighted by atomic mass is 10.1. The fraction of sp³-hybridized carbons (Fsp3) is 0.600. The molecule has 0 amide bonds. The molecule has 1 aliphatic rings. The molecule has 5 heteroatoms. The summed E-state index contributed by atoms with van der Waals surface area (Å²) in [4.78, 5) is 15.4. The van der Waals surface area contributed by atoms with Gasteiger partial charge in [-0.05, 0) is 19.8 Å². The Morgan fingerprint density at radius 1 is 1.60 bits per heavy atom. The van der Waals surface area contributed by atoms with Crippen LogP contribution in [0, 0.1) is 0 Å². The predicted octanol–water partition coefficient (Wildman–Crippen LogP) is 2.08. The summed E-state index contributed by atoms with van der Waals surface area (Å²) in [6.45, 7) is 1.91. The molecule has 0 aromatic carbocycles. The molecule has 0 spiro atoms. The van der Waals surface area contributed by atoms with Gasteiger partial charge in [0.1, 0.15) is 11.5 Å². The second-order valence-corrected chi connectivity index (χ2v) is 3.85. The van der Waals surface area contributed by atoms with E-state index in [9.17, 15) is 13.6 Å². The van der Waals surface area contributed by atoms with E-state index in [1.54, 1.807) is 0 Å². The first-order valence-electron chi connectivity index (χ1n) is 5.00. The van der Waals surface area contributed by atoms with Crippen LogP contribution < -0.4 is 5.56 Å². The van der Waals surface area contributed by atoms with Gasteiger partial charge in [0.25, 0.3) is 12.0 Å². The maximum Gasteiger partial charge on any atom is 0.280 e. The highest BCUT2D eigenvalue weighted by Gasteiger charge is 2.21. The molecule has 0 bridgehead atoms. The molecule has 82 valence electrons. The van der Waals surface area contributed by atoms with Crippen LogP contribution >= 0.6 is 0 Å². The quantitative estimate of drug-likeness (QED) is 0.717. The first kappa shape index (κ1) is 10.3. The van der Waals surface area contributed by atoms with Gasteiger partial charge < -0.3 is 0 Å². The molecule has 0 saturated heterocycles. The normalized spacial score (nSPS) is 20.4. The minimum atomic E-state index is -2.67. The van der Waals surface area contributed by atoms with Crippen molar-refractivity contribution in [3.05, 3.63) is 27.9 Å². The summed E-state index contributed by atoms with van der Waals surface area (Å²) >= 11 is 0. The van der Waals surface area contributed by atoms with Gasteiger partial charge in [-0.2, -0.15) is 0 Å². The SMILES string of the molecule is C[C@H]1CCCc2nc(C(F)F)cc(=O)n21. The van der Waals surface area contributed by atoms with Crippen LogP contribution in [-0.2, 0) is 6.42 Å². The molecule has 15 heavy (non-hydrogen) atoms. The van der Waals surface area contributed by atoms with Crippen LogP contribution in [0.5, 0.6) is 0 Å². The fourth-order valence-corrected chi connectivity index (χ4v) is 2.00. The predicted molar refractivity (Wildman–Crippen MR) is 51.1 cm³/mol. The number of alkyl halides is 2. The highest BCUT2D eigenvalue weighted by molar-refractivity contribution is 5.08. The summed E-state index contributed by atoms with van der Waals surface area (Å²) in [6, 6.07) is 1.01. The Bertz CT molecular complexity index is 428. The van der Waals surface area contributed by atoms with Gasteiger partial charge in [-0.15, -0.1) is 0 Å². The van der Waals surface area contributed by atoms with Crippen molar-refractivity contribution in [3.8, 4) is 0 Å². The van der Waals surface area contributed by atoms with Crippen LogP contribution in [0.25, 0.3) is 0 Å². The fourth-order valence-electron chi connectivity index (χ4n) is 2.00. The first-order valence-corrected chi connectivity index (χ1v) is 5.00.